The van der Waals surface area contributed by atoms with Gasteiger partial charge >= 0.3 is 0 Å². The van der Waals surface area contributed by atoms with Gasteiger partial charge in [-0.05, 0) is 48.6 Å². The second kappa shape index (κ2) is 12.9. The second-order valence-corrected chi connectivity index (χ2v) is 9.16. The van der Waals surface area contributed by atoms with Crippen molar-refractivity contribution in [1.82, 2.24) is 21.3 Å². The van der Waals surface area contributed by atoms with Crippen molar-refractivity contribution in [3.63, 3.8) is 0 Å². The van der Waals surface area contributed by atoms with Crippen molar-refractivity contribution in [2.24, 2.45) is 5.92 Å². The first kappa shape index (κ1) is 26.2. The van der Waals surface area contributed by atoms with Gasteiger partial charge in [0.05, 0.1) is 6.04 Å². The third kappa shape index (κ3) is 7.82. The Bertz CT molecular complexity index is 974. The molecule has 1 aliphatic heterocycles. The Morgan fingerprint density at radius 3 is 2.34 bits per heavy atom. The van der Waals surface area contributed by atoms with Gasteiger partial charge < -0.3 is 26.4 Å². The molecule has 1 heterocycles. The van der Waals surface area contributed by atoms with E-state index in [1.807, 2.05) is 44.2 Å². The lowest BCUT2D eigenvalue weighted by atomic mass is 9.97. The van der Waals surface area contributed by atoms with Crippen molar-refractivity contribution in [2.45, 2.75) is 64.2 Å². The smallest absolute Gasteiger partial charge is 0.243 e. The van der Waals surface area contributed by atoms with Crippen molar-refractivity contribution in [1.29, 1.82) is 0 Å². The predicted octanol–water partition coefficient (Wildman–Crippen LogP) is 2.02. The molecule has 1 saturated heterocycles. The van der Waals surface area contributed by atoms with Crippen LogP contribution in [0.25, 0.3) is 0 Å². The molecular weight excluding hydrogens is 444 g/mol. The fraction of sp³-hybridized carbons (Fsp3) is 0.444. The van der Waals surface area contributed by atoms with Crippen molar-refractivity contribution >= 4 is 17.7 Å². The largest absolute Gasteiger partial charge is 0.508 e. The summed E-state index contributed by atoms with van der Waals surface area (Å²) in [4.78, 5) is 39.3. The Morgan fingerprint density at radius 2 is 1.71 bits per heavy atom. The summed E-state index contributed by atoms with van der Waals surface area (Å²) in [5.41, 5.74) is 1.76. The number of phenolic OH excluding ortho intramolecular Hbond substituents is 1. The highest BCUT2D eigenvalue weighted by Crippen LogP contribution is 2.14. The molecule has 8 heteroatoms. The minimum atomic E-state index is -0.858. The first-order chi connectivity index (χ1) is 16.9. The van der Waals surface area contributed by atoms with Crippen molar-refractivity contribution in [3.8, 4) is 5.75 Å². The van der Waals surface area contributed by atoms with E-state index in [0.717, 1.165) is 30.5 Å². The van der Waals surface area contributed by atoms with Crippen LogP contribution in [0.15, 0.2) is 54.6 Å². The molecule has 0 aliphatic carbocycles. The fourth-order valence-corrected chi connectivity index (χ4v) is 4.11. The Kier molecular flexibility index (Phi) is 9.66. The summed E-state index contributed by atoms with van der Waals surface area (Å²) in [7, 11) is 0. The van der Waals surface area contributed by atoms with Gasteiger partial charge in [-0.25, -0.2) is 0 Å². The van der Waals surface area contributed by atoms with Gasteiger partial charge in [0.25, 0.3) is 0 Å². The molecule has 5 N–H and O–H groups in total. The molecule has 4 atom stereocenters. The molecule has 0 aromatic heterocycles. The molecule has 2 aromatic carbocycles. The van der Waals surface area contributed by atoms with Crippen LogP contribution in [0.2, 0.25) is 0 Å². The standard InChI is InChI=1S/C27H36N4O4/c1-3-18(2)24(27(35)29-17-20-8-5-4-6-9-20)31-26(34)23(16-19-11-13-21(32)14-12-19)30-25(33)22-10-7-15-28-22/h4-6,8-9,11-14,18,22-24,28,32H,3,7,10,15-17H2,1-2H3,(H,29,35)(H,30,33)(H,31,34)/t18?,22-,23-,24-/m0/s1. The predicted molar refractivity (Wildman–Crippen MR) is 134 cm³/mol. The molecule has 0 radical (unpaired) electrons. The molecule has 0 spiro atoms. The van der Waals surface area contributed by atoms with Gasteiger partial charge in [0.1, 0.15) is 17.8 Å². The third-order valence-corrected chi connectivity index (χ3v) is 6.49. The lowest BCUT2D eigenvalue weighted by Crippen LogP contribution is -2.57. The van der Waals surface area contributed by atoms with E-state index < -0.39 is 18.0 Å². The van der Waals surface area contributed by atoms with Gasteiger partial charge in [0.2, 0.25) is 17.7 Å². The SMILES string of the molecule is CCC(C)[C@H](NC(=O)[C@H](Cc1ccc(O)cc1)NC(=O)[C@@H]1CCCN1)C(=O)NCc1ccccc1. The van der Waals surface area contributed by atoms with E-state index >= 15 is 0 Å². The fourth-order valence-electron chi connectivity index (χ4n) is 4.11. The third-order valence-electron chi connectivity index (χ3n) is 6.49. The summed E-state index contributed by atoms with van der Waals surface area (Å²) in [6.45, 7) is 5.02. The molecule has 0 bridgehead atoms. The zero-order chi connectivity index (χ0) is 25.2. The molecule has 2 aromatic rings. The molecule has 188 valence electrons. The van der Waals surface area contributed by atoms with E-state index in [-0.39, 0.29) is 35.9 Å². The molecule has 1 unspecified atom stereocenters. The number of hydrogen-bond acceptors (Lipinski definition) is 5. The van der Waals surface area contributed by atoms with Gasteiger partial charge in [-0.1, -0.05) is 62.7 Å². The Balaban J connectivity index is 1.72. The number of hydrogen-bond donors (Lipinski definition) is 5. The summed E-state index contributed by atoms with van der Waals surface area (Å²) in [6.07, 6.45) is 2.56. The van der Waals surface area contributed by atoms with Gasteiger partial charge in [0, 0.05) is 13.0 Å². The summed E-state index contributed by atoms with van der Waals surface area (Å²) < 4.78 is 0. The highest BCUT2D eigenvalue weighted by atomic mass is 16.3. The average Bonchev–Trinajstić information content (AvgIpc) is 3.42. The first-order valence-corrected chi connectivity index (χ1v) is 12.3. The van der Waals surface area contributed by atoms with E-state index in [1.165, 1.54) is 0 Å². The van der Waals surface area contributed by atoms with Crippen LogP contribution in [0.3, 0.4) is 0 Å². The molecule has 3 amide bonds. The Hall–Kier alpha value is -3.39. The topological polar surface area (TPSA) is 120 Å². The van der Waals surface area contributed by atoms with Crippen molar-refractivity contribution in [3.05, 3.63) is 65.7 Å². The number of phenols is 1. The molecule has 35 heavy (non-hydrogen) atoms. The highest BCUT2D eigenvalue weighted by Gasteiger charge is 2.31. The van der Waals surface area contributed by atoms with Gasteiger partial charge in [-0.3, -0.25) is 14.4 Å². The molecular formula is C27H36N4O4. The zero-order valence-corrected chi connectivity index (χ0v) is 20.4. The van der Waals surface area contributed by atoms with Crippen LogP contribution in [0, 0.1) is 5.92 Å². The zero-order valence-electron chi connectivity index (χ0n) is 20.4. The van der Waals surface area contributed by atoms with Crippen LogP contribution >= 0.6 is 0 Å². The minimum Gasteiger partial charge on any atom is -0.508 e. The Morgan fingerprint density at radius 1 is 1.00 bits per heavy atom. The van der Waals surface area contributed by atoms with Crippen LogP contribution in [-0.4, -0.2) is 47.5 Å². The summed E-state index contributed by atoms with van der Waals surface area (Å²) in [5, 5.41) is 21.4. The molecule has 3 rings (SSSR count). The van der Waals surface area contributed by atoms with E-state index in [4.69, 9.17) is 0 Å². The van der Waals surface area contributed by atoms with E-state index in [0.29, 0.717) is 13.0 Å². The summed E-state index contributed by atoms with van der Waals surface area (Å²) in [6, 6.07) is 14.2. The lowest BCUT2D eigenvalue weighted by Gasteiger charge is -2.27. The summed E-state index contributed by atoms with van der Waals surface area (Å²) >= 11 is 0. The second-order valence-electron chi connectivity index (χ2n) is 9.16. The number of rotatable bonds is 11. The number of benzene rings is 2. The Labute approximate surface area is 206 Å². The maximum absolute atomic E-state index is 13.4. The molecule has 8 nitrogen and oxygen atoms in total. The molecule has 1 fully saturated rings. The molecule has 1 aliphatic rings. The van der Waals surface area contributed by atoms with Crippen LogP contribution in [0.1, 0.15) is 44.2 Å². The van der Waals surface area contributed by atoms with E-state index in [1.54, 1.807) is 24.3 Å². The summed E-state index contributed by atoms with van der Waals surface area (Å²) in [5.74, 6) is -0.875. The van der Waals surface area contributed by atoms with Gasteiger partial charge in [0.15, 0.2) is 0 Å². The minimum absolute atomic E-state index is 0.101. The van der Waals surface area contributed by atoms with Crippen LogP contribution in [-0.2, 0) is 27.3 Å². The van der Waals surface area contributed by atoms with Gasteiger partial charge in [-0.2, -0.15) is 0 Å². The van der Waals surface area contributed by atoms with Crippen molar-refractivity contribution < 1.29 is 19.5 Å². The number of carbonyl (C=O) groups is 3. The maximum atomic E-state index is 13.4. The molecule has 0 saturated carbocycles. The monoisotopic (exact) mass is 480 g/mol. The van der Waals surface area contributed by atoms with Gasteiger partial charge in [-0.15, -0.1) is 0 Å². The van der Waals surface area contributed by atoms with E-state index in [2.05, 4.69) is 21.3 Å². The number of aromatic hydroxyl groups is 1. The average molecular weight is 481 g/mol. The van der Waals surface area contributed by atoms with Crippen molar-refractivity contribution in [2.75, 3.05) is 6.54 Å². The number of carbonyl (C=O) groups excluding carboxylic acids is 3. The maximum Gasteiger partial charge on any atom is 0.243 e. The van der Waals surface area contributed by atoms with Crippen LogP contribution in [0.4, 0.5) is 0 Å². The quantitative estimate of drug-likeness (QED) is 0.337. The lowest BCUT2D eigenvalue weighted by molar-refractivity contribution is -0.133. The first-order valence-electron chi connectivity index (χ1n) is 12.3. The number of nitrogens with one attached hydrogen (secondary N) is 4. The number of amides is 3. The normalized spacial score (nSPS) is 17.7. The van der Waals surface area contributed by atoms with Crippen LogP contribution in [0.5, 0.6) is 5.75 Å². The highest BCUT2D eigenvalue weighted by molar-refractivity contribution is 5.93. The van der Waals surface area contributed by atoms with E-state index in [9.17, 15) is 19.5 Å². The van der Waals surface area contributed by atoms with Crippen LogP contribution < -0.4 is 21.3 Å².